The van der Waals surface area contributed by atoms with E-state index < -0.39 is 0 Å². The molecule has 148 valence electrons. The zero-order chi connectivity index (χ0) is 19.7. The van der Waals surface area contributed by atoms with Gasteiger partial charge in [-0.15, -0.1) is 0 Å². The molecule has 0 N–H and O–H groups in total. The van der Waals surface area contributed by atoms with Gasteiger partial charge in [0.1, 0.15) is 0 Å². The van der Waals surface area contributed by atoms with E-state index >= 15 is 0 Å². The number of fused-ring (bicyclic) bond motifs is 1. The minimum Gasteiger partial charge on any atom is -0.309 e. The van der Waals surface area contributed by atoms with Gasteiger partial charge >= 0.3 is 0 Å². The second kappa shape index (κ2) is 7.67. The number of anilines is 1. The number of aromatic nitrogens is 1. The van der Waals surface area contributed by atoms with Gasteiger partial charge in [0, 0.05) is 36.7 Å². The minimum atomic E-state index is -0.0701. The number of benzene rings is 1. The van der Waals surface area contributed by atoms with Crippen LogP contribution in [0, 0.1) is 5.92 Å². The molecule has 0 unspecified atom stereocenters. The Hall–Kier alpha value is -2.20. The van der Waals surface area contributed by atoms with Crippen LogP contribution >= 0.6 is 0 Å². The summed E-state index contributed by atoms with van der Waals surface area (Å²) in [6, 6.07) is 15.2. The average molecular weight is 378 g/mol. The number of hydrogen-bond donors (Lipinski definition) is 0. The quantitative estimate of drug-likeness (QED) is 0.792. The highest BCUT2D eigenvalue weighted by atomic mass is 16.2. The van der Waals surface area contributed by atoms with Crippen molar-refractivity contribution in [1.82, 2.24) is 9.88 Å². The highest BCUT2D eigenvalue weighted by molar-refractivity contribution is 5.97. The Morgan fingerprint density at radius 1 is 1.11 bits per heavy atom. The number of pyridine rings is 1. The highest BCUT2D eigenvalue weighted by Crippen LogP contribution is 2.40. The van der Waals surface area contributed by atoms with Gasteiger partial charge in [-0.25, -0.2) is 0 Å². The van der Waals surface area contributed by atoms with Crippen LogP contribution in [0.25, 0.3) is 0 Å². The van der Waals surface area contributed by atoms with Gasteiger partial charge in [0.15, 0.2) is 0 Å². The standard InChI is InChI=1S/C24H31N3O/c1-24(2)17-27(21-10-7-15-25-22(21)24)23(28)19-11-13-20(14-12-19)26(3)16-18-8-5-4-6-9-18/h4-10,15,19-20H,11-14,16-17H2,1-3H3/t19-,20-. The summed E-state index contributed by atoms with van der Waals surface area (Å²) >= 11 is 0. The summed E-state index contributed by atoms with van der Waals surface area (Å²) in [5.74, 6) is 0.437. The van der Waals surface area contributed by atoms with E-state index in [2.05, 4.69) is 61.1 Å². The van der Waals surface area contributed by atoms with Gasteiger partial charge in [-0.2, -0.15) is 0 Å². The van der Waals surface area contributed by atoms with Crippen LogP contribution in [0.2, 0.25) is 0 Å². The normalized spacial score (nSPS) is 23.6. The topological polar surface area (TPSA) is 36.4 Å². The Kier molecular flexibility index (Phi) is 5.24. The fourth-order valence-corrected chi connectivity index (χ4v) is 4.87. The molecule has 1 aliphatic heterocycles. The van der Waals surface area contributed by atoms with Crippen LogP contribution in [-0.4, -0.2) is 35.4 Å². The van der Waals surface area contributed by atoms with Crippen LogP contribution in [-0.2, 0) is 16.8 Å². The number of rotatable bonds is 4. The van der Waals surface area contributed by atoms with Crippen LogP contribution in [0.15, 0.2) is 48.7 Å². The van der Waals surface area contributed by atoms with Gasteiger partial charge in [0.25, 0.3) is 0 Å². The largest absolute Gasteiger partial charge is 0.309 e. The van der Waals surface area contributed by atoms with E-state index in [9.17, 15) is 4.79 Å². The molecule has 2 aliphatic rings. The first kappa shape index (κ1) is 19.1. The van der Waals surface area contributed by atoms with Crippen molar-refractivity contribution in [3.63, 3.8) is 0 Å². The minimum absolute atomic E-state index is 0.0701. The smallest absolute Gasteiger partial charge is 0.230 e. The van der Waals surface area contributed by atoms with E-state index in [0.29, 0.717) is 11.9 Å². The van der Waals surface area contributed by atoms with Gasteiger partial charge in [-0.1, -0.05) is 44.2 Å². The number of nitrogens with zero attached hydrogens (tertiary/aromatic N) is 3. The molecular weight excluding hydrogens is 346 g/mol. The first-order valence-electron chi connectivity index (χ1n) is 10.5. The number of hydrogen-bond acceptors (Lipinski definition) is 3. The number of amides is 1. The fourth-order valence-electron chi connectivity index (χ4n) is 4.87. The summed E-state index contributed by atoms with van der Waals surface area (Å²) < 4.78 is 0. The molecule has 0 bridgehead atoms. The molecule has 1 fully saturated rings. The molecule has 4 rings (SSSR count). The molecule has 2 heterocycles. The third-order valence-corrected chi connectivity index (χ3v) is 6.48. The summed E-state index contributed by atoms with van der Waals surface area (Å²) in [5.41, 5.74) is 3.35. The van der Waals surface area contributed by atoms with E-state index in [1.165, 1.54) is 5.56 Å². The molecule has 1 aromatic carbocycles. The number of carbonyl (C=O) groups excluding carboxylic acids is 1. The molecule has 4 nitrogen and oxygen atoms in total. The summed E-state index contributed by atoms with van der Waals surface area (Å²) in [4.78, 5) is 22.3. The van der Waals surface area contributed by atoms with Crippen molar-refractivity contribution in [2.45, 2.75) is 57.5 Å². The highest BCUT2D eigenvalue weighted by Gasteiger charge is 2.41. The Labute approximate surface area is 168 Å². The second-order valence-corrected chi connectivity index (χ2v) is 9.09. The van der Waals surface area contributed by atoms with Crippen molar-refractivity contribution in [3.8, 4) is 0 Å². The van der Waals surface area contributed by atoms with Crippen LogP contribution in [0.3, 0.4) is 0 Å². The predicted octanol–water partition coefficient (Wildman–Crippen LogP) is 4.40. The average Bonchev–Trinajstić information content (AvgIpc) is 3.00. The van der Waals surface area contributed by atoms with Crippen LogP contribution in [0.4, 0.5) is 5.69 Å². The summed E-state index contributed by atoms with van der Waals surface area (Å²) in [6.07, 6.45) is 5.99. The third kappa shape index (κ3) is 3.70. The zero-order valence-electron chi connectivity index (χ0n) is 17.3. The van der Waals surface area contributed by atoms with Crippen LogP contribution < -0.4 is 4.90 Å². The lowest BCUT2D eigenvalue weighted by Gasteiger charge is -2.35. The van der Waals surface area contributed by atoms with Crippen molar-refractivity contribution in [3.05, 3.63) is 59.9 Å². The Balaban J connectivity index is 1.37. The van der Waals surface area contributed by atoms with Gasteiger partial charge in [0.05, 0.1) is 11.4 Å². The molecule has 0 spiro atoms. The summed E-state index contributed by atoms with van der Waals surface area (Å²) in [7, 11) is 2.21. The van der Waals surface area contributed by atoms with Gasteiger partial charge in [-0.3, -0.25) is 14.7 Å². The lowest BCUT2D eigenvalue weighted by atomic mass is 9.84. The van der Waals surface area contributed by atoms with Gasteiger partial charge < -0.3 is 4.90 Å². The second-order valence-electron chi connectivity index (χ2n) is 9.09. The predicted molar refractivity (Wildman–Crippen MR) is 113 cm³/mol. The molecule has 4 heteroatoms. The molecule has 1 aromatic heterocycles. The third-order valence-electron chi connectivity index (χ3n) is 6.48. The monoisotopic (exact) mass is 377 g/mol. The lowest BCUT2D eigenvalue weighted by molar-refractivity contribution is -0.123. The van der Waals surface area contributed by atoms with Crippen molar-refractivity contribution in [2.75, 3.05) is 18.5 Å². The Morgan fingerprint density at radius 3 is 2.54 bits per heavy atom. The van der Waals surface area contributed by atoms with Gasteiger partial charge in [-0.05, 0) is 50.4 Å². The molecule has 0 atom stereocenters. The summed E-state index contributed by atoms with van der Waals surface area (Å²) in [6.45, 7) is 6.08. The molecule has 0 saturated heterocycles. The molecule has 1 saturated carbocycles. The van der Waals surface area contributed by atoms with E-state index in [1.807, 2.05) is 23.2 Å². The fraction of sp³-hybridized carbons (Fsp3) is 0.500. The molecule has 1 aliphatic carbocycles. The first-order chi connectivity index (χ1) is 13.5. The van der Waals surface area contributed by atoms with E-state index in [4.69, 9.17) is 0 Å². The van der Waals surface area contributed by atoms with E-state index in [1.54, 1.807) is 0 Å². The Bertz CT molecular complexity index is 825. The maximum Gasteiger partial charge on any atom is 0.230 e. The maximum atomic E-state index is 13.3. The van der Waals surface area contributed by atoms with Crippen molar-refractivity contribution >= 4 is 11.6 Å². The maximum absolute atomic E-state index is 13.3. The van der Waals surface area contributed by atoms with Crippen molar-refractivity contribution in [1.29, 1.82) is 0 Å². The molecular formula is C24H31N3O. The molecule has 0 radical (unpaired) electrons. The van der Waals surface area contributed by atoms with E-state index in [0.717, 1.165) is 50.2 Å². The Morgan fingerprint density at radius 2 is 1.82 bits per heavy atom. The first-order valence-corrected chi connectivity index (χ1v) is 10.5. The number of carbonyl (C=O) groups is 1. The lowest BCUT2D eigenvalue weighted by Crippen LogP contribution is -2.42. The zero-order valence-corrected chi connectivity index (χ0v) is 17.3. The molecule has 2 aromatic rings. The van der Waals surface area contributed by atoms with Gasteiger partial charge in [0.2, 0.25) is 5.91 Å². The molecule has 28 heavy (non-hydrogen) atoms. The van der Waals surface area contributed by atoms with Crippen molar-refractivity contribution < 1.29 is 4.79 Å². The molecule has 1 amide bonds. The van der Waals surface area contributed by atoms with E-state index in [-0.39, 0.29) is 11.3 Å². The SMILES string of the molecule is CN(Cc1ccccc1)[C@H]1CC[C@H](C(=O)N2CC(C)(C)c3ncccc32)CC1. The van der Waals surface area contributed by atoms with Crippen LogP contribution in [0.1, 0.15) is 50.8 Å². The van der Waals surface area contributed by atoms with Crippen LogP contribution in [0.5, 0.6) is 0 Å². The van der Waals surface area contributed by atoms with Crippen molar-refractivity contribution in [2.24, 2.45) is 5.92 Å². The summed E-state index contributed by atoms with van der Waals surface area (Å²) in [5, 5.41) is 0.